The Morgan fingerprint density at radius 2 is 1.84 bits per heavy atom. The Morgan fingerprint density at radius 3 is 2.48 bits per heavy atom. The van der Waals surface area contributed by atoms with Crippen LogP contribution >= 0.6 is 12.2 Å². The van der Waals surface area contributed by atoms with Crippen LogP contribution in [0.25, 0.3) is 0 Å². The molecule has 1 aliphatic heterocycles. The molecule has 0 radical (unpaired) electrons. The van der Waals surface area contributed by atoms with E-state index in [2.05, 4.69) is 44.2 Å². The molecule has 2 unspecified atom stereocenters. The molecule has 0 spiro atoms. The molecule has 25 heavy (non-hydrogen) atoms. The van der Waals surface area contributed by atoms with Crippen molar-refractivity contribution < 1.29 is 0 Å². The summed E-state index contributed by atoms with van der Waals surface area (Å²) in [6.07, 6.45) is 3.63. The van der Waals surface area contributed by atoms with Crippen LogP contribution in [0, 0.1) is 6.92 Å². The Balaban J connectivity index is 1.72. The minimum Gasteiger partial charge on any atom is -0.361 e. The van der Waals surface area contributed by atoms with Gasteiger partial charge in [0, 0.05) is 23.8 Å². The average Bonchev–Trinajstić information content (AvgIpc) is 3.20. The quantitative estimate of drug-likeness (QED) is 0.708. The summed E-state index contributed by atoms with van der Waals surface area (Å²) in [5.41, 5.74) is 4.22. The van der Waals surface area contributed by atoms with E-state index in [4.69, 9.17) is 12.2 Å². The second-order valence-electron chi connectivity index (χ2n) is 6.17. The van der Waals surface area contributed by atoms with Gasteiger partial charge in [-0.05, 0) is 55.5 Å². The maximum absolute atomic E-state index is 5.65. The van der Waals surface area contributed by atoms with E-state index < -0.39 is 0 Å². The van der Waals surface area contributed by atoms with E-state index in [1.165, 1.54) is 0 Å². The van der Waals surface area contributed by atoms with Gasteiger partial charge >= 0.3 is 0 Å². The van der Waals surface area contributed by atoms with Crippen molar-refractivity contribution >= 4 is 17.3 Å². The van der Waals surface area contributed by atoms with E-state index in [-0.39, 0.29) is 12.1 Å². The third-order valence-electron chi connectivity index (χ3n) is 4.43. The van der Waals surface area contributed by atoms with Crippen LogP contribution in [0.1, 0.15) is 34.9 Å². The van der Waals surface area contributed by atoms with Crippen LogP contribution < -0.4 is 5.32 Å². The highest BCUT2D eigenvalue weighted by Gasteiger charge is 2.40. The van der Waals surface area contributed by atoms with Crippen molar-refractivity contribution in [2.45, 2.75) is 25.6 Å². The molecule has 2 N–H and O–H groups in total. The summed E-state index contributed by atoms with van der Waals surface area (Å²) in [7, 11) is 0. The van der Waals surface area contributed by atoms with Crippen molar-refractivity contribution in [2.24, 2.45) is 0 Å². The van der Waals surface area contributed by atoms with Gasteiger partial charge in [-0.15, -0.1) is 0 Å². The minimum atomic E-state index is -0.00420. The molecule has 1 saturated heterocycles. The van der Waals surface area contributed by atoms with Gasteiger partial charge in [0.25, 0.3) is 0 Å². The third-order valence-corrected chi connectivity index (χ3v) is 4.78. The lowest BCUT2D eigenvalue weighted by Crippen LogP contribution is -2.29. The molecule has 4 heterocycles. The molecule has 126 valence electrons. The first kappa shape index (κ1) is 15.8. The van der Waals surface area contributed by atoms with Crippen LogP contribution in [-0.4, -0.2) is 25.0 Å². The van der Waals surface area contributed by atoms with Crippen LogP contribution in [0.2, 0.25) is 0 Å². The van der Waals surface area contributed by atoms with Gasteiger partial charge in [0.15, 0.2) is 5.11 Å². The maximum atomic E-state index is 5.65. The first-order valence-electron chi connectivity index (χ1n) is 8.26. The molecule has 0 bridgehead atoms. The number of nitrogens with one attached hydrogen (secondary N) is 2. The summed E-state index contributed by atoms with van der Waals surface area (Å²) in [6.45, 7) is 2.71. The van der Waals surface area contributed by atoms with Crippen molar-refractivity contribution in [3.63, 3.8) is 0 Å². The third kappa shape index (κ3) is 3.13. The molecule has 1 aliphatic rings. The summed E-state index contributed by atoms with van der Waals surface area (Å²) in [6, 6.07) is 16.2. The Bertz CT molecular complexity index is 862. The standard InChI is InChI=1S/C19H19N5S/c1-13-8-9-16(22-13)18-17(15-7-3-5-11-21-15)23-19(25)24(18)12-14-6-2-4-10-20-14/h2-11,17-18,22H,12H2,1H3,(H,23,25). The van der Waals surface area contributed by atoms with E-state index in [1.807, 2.05) is 48.8 Å². The molecule has 3 aromatic rings. The SMILES string of the molecule is Cc1ccc(C2C(c3ccccn3)NC(=S)N2Cc2ccccn2)[nH]1. The Kier molecular flexibility index (Phi) is 4.19. The number of nitrogens with zero attached hydrogens (tertiary/aromatic N) is 3. The number of aromatic amines is 1. The van der Waals surface area contributed by atoms with Crippen LogP contribution in [-0.2, 0) is 6.54 Å². The number of hydrogen-bond acceptors (Lipinski definition) is 3. The lowest BCUT2D eigenvalue weighted by Gasteiger charge is -2.26. The summed E-state index contributed by atoms with van der Waals surface area (Å²) < 4.78 is 0. The molecule has 3 aromatic heterocycles. The number of rotatable bonds is 4. The lowest BCUT2D eigenvalue weighted by atomic mass is 10.0. The number of H-pyrrole nitrogens is 1. The van der Waals surface area contributed by atoms with Crippen molar-refractivity contribution in [3.8, 4) is 0 Å². The van der Waals surface area contributed by atoms with Crippen molar-refractivity contribution in [1.82, 2.24) is 25.2 Å². The van der Waals surface area contributed by atoms with Gasteiger partial charge in [-0.1, -0.05) is 12.1 Å². The Morgan fingerprint density at radius 1 is 1.04 bits per heavy atom. The fourth-order valence-electron chi connectivity index (χ4n) is 3.28. The number of pyridine rings is 2. The summed E-state index contributed by atoms with van der Waals surface area (Å²) in [4.78, 5) is 14.6. The minimum absolute atomic E-state index is 0.00420. The molecule has 1 fully saturated rings. The van der Waals surface area contributed by atoms with E-state index in [1.54, 1.807) is 0 Å². The topological polar surface area (TPSA) is 56.8 Å². The summed E-state index contributed by atoms with van der Waals surface area (Å²) in [5.74, 6) is 0. The van der Waals surface area contributed by atoms with Crippen molar-refractivity contribution in [3.05, 3.63) is 83.7 Å². The van der Waals surface area contributed by atoms with E-state index in [0.717, 1.165) is 27.9 Å². The second kappa shape index (κ2) is 6.64. The molecule has 0 aliphatic carbocycles. The van der Waals surface area contributed by atoms with Crippen LogP contribution in [0.3, 0.4) is 0 Å². The van der Waals surface area contributed by atoms with Gasteiger partial charge in [-0.25, -0.2) is 0 Å². The zero-order valence-electron chi connectivity index (χ0n) is 13.9. The number of aryl methyl sites for hydroxylation is 1. The molecule has 0 saturated carbocycles. The van der Waals surface area contributed by atoms with Gasteiger partial charge in [0.1, 0.15) is 0 Å². The number of thiocarbonyl (C=S) groups is 1. The van der Waals surface area contributed by atoms with Crippen LogP contribution in [0.5, 0.6) is 0 Å². The molecule has 5 nitrogen and oxygen atoms in total. The summed E-state index contributed by atoms with van der Waals surface area (Å²) in [5, 5.41) is 4.17. The molecule has 0 amide bonds. The normalized spacial score (nSPS) is 19.9. The monoisotopic (exact) mass is 349 g/mol. The van der Waals surface area contributed by atoms with Gasteiger partial charge in [0.2, 0.25) is 0 Å². The van der Waals surface area contributed by atoms with Gasteiger partial charge in [0.05, 0.1) is 30.0 Å². The van der Waals surface area contributed by atoms with Gasteiger partial charge in [-0.3, -0.25) is 9.97 Å². The van der Waals surface area contributed by atoms with E-state index in [9.17, 15) is 0 Å². The molecular weight excluding hydrogens is 330 g/mol. The average molecular weight is 349 g/mol. The highest BCUT2D eigenvalue weighted by molar-refractivity contribution is 7.80. The predicted molar refractivity (Wildman–Crippen MR) is 101 cm³/mol. The Labute approximate surface area is 152 Å². The largest absolute Gasteiger partial charge is 0.361 e. The second-order valence-corrected chi connectivity index (χ2v) is 6.56. The van der Waals surface area contributed by atoms with Gasteiger partial charge < -0.3 is 15.2 Å². The van der Waals surface area contributed by atoms with E-state index >= 15 is 0 Å². The van der Waals surface area contributed by atoms with Crippen molar-refractivity contribution in [1.29, 1.82) is 0 Å². The first-order chi connectivity index (χ1) is 12.2. The molecular formula is C19H19N5S. The molecule has 4 rings (SSSR count). The Hall–Kier alpha value is -2.73. The fraction of sp³-hybridized carbons (Fsp3) is 0.211. The van der Waals surface area contributed by atoms with Gasteiger partial charge in [-0.2, -0.15) is 0 Å². The fourth-order valence-corrected chi connectivity index (χ4v) is 3.58. The maximum Gasteiger partial charge on any atom is 0.170 e. The molecule has 6 heteroatoms. The number of aromatic nitrogens is 3. The predicted octanol–water partition coefficient (Wildman–Crippen LogP) is 3.29. The highest BCUT2D eigenvalue weighted by Crippen LogP contribution is 2.38. The lowest BCUT2D eigenvalue weighted by molar-refractivity contribution is 0.303. The number of hydrogen-bond donors (Lipinski definition) is 2. The smallest absolute Gasteiger partial charge is 0.170 e. The van der Waals surface area contributed by atoms with Crippen molar-refractivity contribution in [2.75, 3.05) is 0 Å². The van der Waals surface area contributed by atoms with Crippen LogP contribution in [0.15, 0.2) is 60.9 Å². The zero-order valence-corrected chi connectivity index (χ0v) is 14.7. The molecule has 2 atom stereocenters. The van der Waals surface area contributed by atoms with E-state index in [0.29, 0.717) is 6.54 Å². The molecule has 0 aromatic carbocycles. The van der Waals surface area contributed by atoms with Crippen LogP contribution in [0.4, 0.5) is 0 Å². The summed E-state index contributed by atoms with van der Waals surface area (Å²) >= 11 is 5.65. The first-order valence-corrected chi connectivity index (χ1v) is 8.66. The highest BCUT2D eigenvalue weighted by atomic mass is 32.1. The zero-order chi connectivity index (χ0) is 17.2.